The van der Waals surface area contributed by atoms with Crippen LogP contribution in [0.1, 0.15) is 65.7 Å². The highest BCUT2D eigenvalue weighted by Gasteiger charge is 2.63. The van der Waals surface area contributed by atoms with Gasteiger partial charge in [0.05, 0.1) is 6.10 Å². The third kappa shape index (κ3) is 1.47. The first kappa shape index (κ1) is 12.0. The van der Waals surface area contributed by atoms with Gasteiger partial charge in [0, 0.05) is 0 Å². The van der Waals surface area contributed by atoms with Crippen LogP contribution in [-0.2, 0) is 0 Å². The standard InChI is InChI=1S/C16H28O/c1-15(2)11-8-9-16(15,3)13(10-11)12-6-4-5-7-14(12)17/h11-14,17H,4-10H2,1-3H3. The van der Waals surface area contributed by atoms with Crippen molar-refractivity contribution in [1.82, 2.24) is 0 Å². The Balaban J connectivity index is 1.86. The summed E-state index contributed by atoms with van der Waals surface area (Å²) in [5, 5.41) is 10.3. The van der Waals surface area contributed by atoms with E-state index in [4.69, 9.17) is 0 Å². The topological polar surface area (TPSA) is 20.2 Å². The first-order valence-electron chi connectivity index (χ1n) is 7.65. The van der Waals surface area contributed by atoms with E-state index < -0.39 is 0 Å². The molecule has 98 valence electrons. The molecule has 0 spiro atoms. The highest BCUT2D eigenvalue weighted by Crippen LogP contribution is 2.70. The first-order valence-corrected chi connectivity index (χ1v) is 7.65. The molecule has 0 heterocycles. The highest BCUT2D eigenvalue weighted by molar-refractivity contribution is 5.12. The van der Waals surface area contributed by atoms with Crippen molar-refractivity contribution in [2.45, 2.75) is 71.8 Å². The predicted octanol–water partition coefficient (Wildman–Crippen LogP) is 4.00. The Labute approximate surface area is 106 Å². The molecule has 1 heteroatoms. The van der Waals surface area contributed by atoms with E-state index in [0.29, 0.717) is 16.7 Å². The van der Waals surface area contributed by atoms with Gasteiger partial charge < -0.3 is 5.11 Å². The van der Waals surface area contributed by atoms with E-state index in [1.807, 2.05) is 0 Å². The summed E-state index contributed by atoms with van der Waals surface area (Å²) >= 11 is 0. The van der Waals surface area contributed by atoms with Crippen molar-refractivity contribution in [2.75, 3.05) is 0 Å². The second-order valence-corrected chi connectivity index (χ2v) is 7.73. The van der Waals surface area contributed by atoms with E-state index in [1.165, 1.54) is 38.5 Å². The van der Waals surface area contributed by atoms with Crippen molar-refractivity contribution >= 4 is 0 Å². The molecule has 1 N–H and O–H groups in total. The molecule has 5 atom stereocenters. The molecule has 5 unspecified atom stereocenters. The quantitative estimate of drug-likeness (QED) is 0.729. The van der Waals surface area contributed by atoms with Gasteiger partial charge in [0.15, 0.2) is 0 Å². The molecular formula is C16H28O. The fourth-order valence-corrected chi connectivity index (χ4v) is 5.52. The second kappa shape index (κ2) is 3.73. The lowest BCUT2D eigenvalue weighted by Gasteiger charge is -2.45. The van der Waals surface area contributed by atoms with Gasteiger partial charge in [-0.3, -0.25) is 0 Å². The third-order valence-electron chi connectivity index (χ3n) is 7.16. The summed E-state index contributed by atoms with van der Waals surface area (Å²) in [5.41, 5.74) is 1.01. The average Bonchev–Trinajstić information content (AvgIpc) is 2.62. The molecule has 3 fully saturated rings. The molecule has 0 aromatic carbocycles. The lowest BCUT2D eigenvalue weighted by Crippen LogP contribution is -2.41. The van der Waals surface area contributed by atoms with E-state index in [9.17, 15) is 5.11 Å². The zero-order valence-electron chi connectivity index (χ0n) is 11.7. The van der Waals surface area contributed by atoms with Crippen LogP contribution in [0.4, 0.5) is 0 Å². The summed E-state index contributed by atoms with van der Waals surface area (Å²) in [6.07, 6.45) is 9.16. The van der Waals surface area contributed by atoms with Gasteiger partial charge in [-0.15, -0.1) is 0 Å². The maximum absolute atomic E-state index is 10.3. The number of aliphatic hydroxyl groups excluding tert-OH is 1. The molecule has 0 aromatic heterocycles. The SMILES string of the molecule is CC1(C)C2CCC1(C)C(C1CCCCC1O)C2. The zero-order valence-corrected chi connectivity index (χ0v) is 11.7. The van der Waals surface area contributed by atoms with Crippen molar-refractivity contribution in [3.05, 3.63) is 0 Å². The fraction of sp³-hybridized carbons (Fsp3) is 1.00. The number of hydrogen-bond donors (Lipinski definition) is 1. The lowest BCUT2D eigenvalue weighted by molar-refractivity contribution is -0.0209. The minimum atomic E-state index is 0.000671. The zero-order chi connectivity index (χ0) is 12.3. The number of rotatable bonds is 1. The molecule has 0 aliphatic heterocycles. The molecule has 0 amide bonds. The third-order valence-corrected chi connectivity index (χ3v) is 7.16. The fourth-order valence-electron chi connectivity index (χ4n) is 5.52. The normalized spacial score (nSPS) is 52.9. The number of fused-ring (bicyclic) bond motifs is 2. The van der Waals surface area contributed by atoms with Crippen molar-refractivity contribution in [3.63, 3.8) is 0 Å². The summed E-state index contributed by atoms with van der Waals surface area (Å²) in [7, 11) is 0. The van der Waals surface area contributed by atoms with Gasteiger partial charge in [-0.1, -0.05) is 33.6 Å². The average molecular weight is 236 g/mol. The van der Waals surface area contributed by atoms with Crippen molar-refractivity contribution in [2.24, 2.45) is 28.6 Å². The lowest BCUT2D eigenvalue weighted by atomic mass is 9.60. The van der Waals surface area contributed by atoms with Crippen LogP contribution in [0.3, 0.4) is 0 Å². The van der Waals surface area contributed by atoms with Crippen LogP contribution in [-0.4, -0.2) is 11.2 Å². The minimum absolute atomic E-state index is 0.000671. The Kier molecular flexibility index (Phi) is 2.63. The Hall–Kier alpha value is -0.0400. The monoisotopic (exact) mass is 236 g/mol. The Bertz CT molecular complexity index is 309. The van der Waals surface area contributed by atoms with Gasteiger partial charge in [0.1, 0.15) is 0 Å². The Morgan fingerprint density at radius 3 is 2.24 bits per heavy atom. The van der Waals surface area contributed by atoms with E-state index in [2.05, 4.69) is 20.8 Å². The molecule has 3 rings (SSSR count). The number of hydrogen-bond acceptors (Lipinski definition) is 1. The first-order chi connectivity index (χ1) is 7.97. The summed E-state index contributed by atoms with van der Waals surface area (Å²) in [6, 6.07) is 0. The Morgan fingerprint density at radius 1 is 1.00 bits per heavy atom. The van der Waals surface area contributed by atoms with Gasteiger partial charge in [-0.25, -0.2) is 0 Å². The molecule has 1 nitrogen and oxygen atoms in total. The van der Waals surface area contributed by atoms with E-state index in [1.54, 1.807) is 0 Å². The Morgan fingerprint density at radius 2 is 1.71 bits per heavy atom. The van der Waals surface area contributed by atoms with Crippen LogP contribution in [0.2, 0.25) is 0 Å². The van der Waals surface area contributed by atoms with Gasteiger partial charge in [-0.05, 0) is 60.7 Å². The molecule has 3 aliphatic carbocycles. The van der Waals surface area contributed by atoms with Gasteiger partial charge >= 0.3 is 0 Å². The molecule has 2 bridgehead atoms. The minimum Gasteiger partial charge on any atom is -0.393 e. The summed E-state index contributed by atoms with van der Waals surface area (Å²) in [5.74, 6) is 2.33. The largest absolute Gasteiger partial charge is 0.393 e. The summed E-state index contributed by atoms with van der Waals surface area (Å²) in [6.45, 7) is 7.49. The molecule has 3 saturated carbocycles. The molecule has 0 aromatic rings. The molecule has 0 radical (unpaired) electrons. The van der Waals surface area contributed by atoms with E-state index in [0.717, 1.165) is 18.3 Å². The molecular weight excluding hydrogens is 208 g/mol. The second-order valence-electron chi connectivity index (χ2n) is 7.73. The van der Waals surface area contributed by atoms with Gasteiger partial charge in [0.25, 0.3) is 0 Å². The number of aliphatic hydroxyl groups is 1. The smallest absolute Gasteiger partial charge is 0.0571 e. The van der Waals surface area contributed by atoms with Crippen molar-refractivity contribution in [1.29, 1.82) is 0 Å². The van der Waals surface area contributed by atoms with Crippen LogP contribution >= 0.6 is 0 Å². The van der Waals surface area contributed by atoms with Crippen molar-refractivity contribution in [3.8, 4) is 0 Å². The van der Waals surface area contributed by atoms with Crippen molar-refractivity contribution < 1.29 is 5.11 Å². The maximum atomic E-state index is 10.3. The van der Waals surface area contributed by atoms with Gasteiger partial charge in [-0.2, -0.15) is 0 Å². The molecule has 3 aliphatic rings. The predicted molar refractivity (Wildman–Crippen MR) is 70.7 cm³/mol. The summed E-state index contributed by atoms with van der Waals surface area (Å²) < 4.78 is 0. The highest BCUT2D eigenvalue weighted by atomic mass is 16.3. The molecule has 0 saturated heterocycles. The maximum Gasteiger partial charge on any atom is 0.0571 e. The summed E-state index contributed by atoms with van der Waals surface area (Å²) in [4.78, 5) is 0. The van der Waals surface area contributed by atoms with Crippen LogP contribution in [0.25, 0.3) is 0 Å². The van der Waals surface area contributed by atoms with Crippen LogP contribution in [0, 0.1) is 28.6 Å². The van der Waals surface area contributed by atoms with E-state index >= 15 is 0 Å². The molecule has 17 heavy (non-hydrogen) atoms. The van der Waals surface area contributed by atoms with E-state index in [-0.39, 0.29) is 6.10 Å². The van der Waals surface area contributed by atoms with Crippen LogP contribution < -0.4 is 0 Å². The van der Waals surface area contributed by atoms with Gasteiger partial charge in [0.2, 0.25) is 0 Å². The van der Waals surface area contributed by atoms with Crippen LogP contribution in [0.15, 0.2) is 0 Å². The van der Waals surface area contributed by atoms with Crippen LogP contribution in [0.5, 0.6) is 0 Å².